The fourth-order valence-corrected chi connectivity index (χ4v) is 2.00. The normalized spacial score (nSPS) is 10.9. The lowest BCUT2D eigenvalue weighted by Gasteiger charge is -2.26. The van der Waals surface area contributed by atoms with Gasteiger partial charge in [-0.05, 0) is 32.0 Å². The summed E-state index contributed by atoms with van der Waals surface area (Å²) >= 11 is 0. The molecule has 100 valence electrons. The highest BCUT2D eigenvalue weighted by Gasteiger charge is 2.18. The van der Waals surface area contributed by atoms with E-state index in [1.54, 1.807) is 29.4 Å². The average molecular weight is 258 g/mol. The van der Waals surface area contributed by atoms with E-state index in [1.807, 2.05) is 19.9 Å². The lowest BCUT2D eigenvalue weighted by molar-refractivity contribution is 0.0712. The van der Waals surface area contributed by atoms with E-state index in [2.05, 4.69) is 9.97 Å². The van der Waals surface area contributed by atoms with Crippen LogP contribution in [0.1, 0.15) is 24.2 Å². The molecule has 2 rings (SSSR count). The molecular weight excluding hydrogens is 240 g/mol. The molecule has 5 nitrogen and oxygen atoms in total. The van der Waals surface area contributed by atoms with Crippen molar-refractivity contribution in [3.05, 3.63) is 36.2 Å². The minimum atomic E-state index is -0.0204. The lowest BCUT2D eigenvalue weighted by atomic mass is 10.1. The average Bonchev–Trinajstić information content (AvgIpc) is 2.43. The van der Waals surface area contributed by atoms with Crippen LogP contribution < -0.4 is 5.73 Å². The zero-order valence-corrected chi connectivity index (χ0v) is 11.2. The largest absolute Gasteiger partial charge is 0.335 e. The van der Waals surface area contributed by atoms with Crippen molar-refractivity contribution < 1.29 is 4.79 Å². The van der Waals surface area contributed by atoms with Crippen molar-refractivity contribution in [3.8, 4) is 0 Å². The Morgan fingerprint density at radius 1 is 1.26 bits per heavy atom. The lowest BCUT2D eigenvalue weighted by Crippen LogP contribution is -2.40. The van der Waals surface area contributed by atoms with Gasteiger partial charge in [0.25, 0.3) is 5.91 Å². The molecule has 0 saturated carbocycles. The number of amides is 1. The first-order valence-electron chi connectivity index (χ1n) is 6.35. The number of nitrogens with two attached hydrogens (primary N) is 1. The van der Waals surface area contributed by atoms with Gasteiger partial charge in [0.05, 0.1) is 11.0 Å². The van der Waals surface area contributed by atoms with Crippen molar-refractivity contribution in [2.45, 2.75) is 19.9 Å². The van der Waals surface area contributed by atoms with E-state index in [4.69, 9.17) is 5.73 Å². The van der Waals surface area contributed by atoms with Gasteiger partial charge in [-0.2, -0.15) is 0 Å². The summed E-state index contributed by atoms with van der Waals surface area (Å²) in [4.78, 5) is 22.6. The maximum atomic E-state index is 12.4. The van der Waals surface area contributed by atoms with Gasteiger partial charge in [-0.15, -0.1) is 0 Å². The number of aromatic nitrogens is 2. The molecule has 0 radical (unpaired) electrons. The zero-order chi connectivity index (χ0) is 13.8. The Hall–Kier alpha value is -2.01. The minimum Gasteiger partial charge on any atom is -0.335 e. The molecule has 0 spiro atoms. The standard InChI is InChI=1S/C14H18N4O/c1-10(2)18(8-5-15)14(19)11-3-4-12-13(9-11)17-7-6-16-12/h3-4,6-7,9-10H,5,8,15H2,1-2H3. The van der Waals surface area contributed by atoms with Gasteiger partial charge in [0.15, 0.2) is 0 Å². The molecule has 1 heterocycles. The van der Waals surface area contributed by atoms with Gasteiger partial charge in [0, 0.05) is 37.1 Å². The van der Waals surface area contributed by atoms with E-state index in [-0.39, 0.29) is 11.9 Å². The predicted octanol–water partition coefficient (Wildman–Crippen LogP) is 1.44. The van der Waals surface area contributed by atoms with Crippen LogP contribution in [0.25, 0.3) is 11.0 Å². The third kappa shape index (κ3) is 2.88. The Balaban J connectivity index is 2.34. The van der Waals surface area contributed by atoms with Gasteiger partial charge >= 0.3 is 0 Å². The fraction of sp³-hybridized carbons (Fsp3) is 0.357. The number of hydrogen-bond acceptors (Lipinski definition) is 4. The highest BCUT2D eigenvalue weighted by Crippen LogP contribution is 2.14. The monoisotopic (exact) mass is 258 g/mol. The van der Waals surface area contributed by atoms with Crippen molar-refractivity contribution in [1.29, 1.82) is 0 Å². The minimum absolute atomic E-state index is 0.0204. The summed E-state index contributed by atoms with van der Waals surface area (Å²) in [6.45, 7) is 4.97. The molecule has 0 atom stereocenters. The molecule has 1 aromatic heterocycles. The summed E-state index contributed by atoms with van der Waals surface area (Å²) < 4.78 is 0. The molecule has 0 aliphatic heterocycles. The molecule has 5 heteroatoms. The Morgan fingerprint density at radius 3 is 2.58 bits per heavy atom. The summed E-state index contributed by atoms with van der Waals surface area (Å²) in [6.07, 6.45) is 3.26. The Morgan fingerprint density at radius 2 is 1.95 bits per heavy atom. The van der Waals surface area contributed by atoms with Crippen LogP contribution in [0.4, 0.5) is 0 Å². The third-order valence-corrected chi connectivity index (χ3v) is 2.97. The van der Waals surface area contributed by atoms with Gasteiger partial charge < -0.3 is 10.6 Å². The van der Waals surface area contributed by atoms with Crippen LogP contribution in [0.2, 0.25) is 0 Å². The van der Waals surface area contributed by atoms with E-state index >= 15 is 0 Å². The Labute approximate surface area is 112 Å². The molecule has 0 bridgehead atoms. The molecule has 0 aliphatic carbocycles. The van der Waals surface area contributed by atoms with Crippen molar-refractivity contribution in [2.24, 2.45) is 5.73 Å². The highest BCUT2D eigenvalue weighted by atomic mass is 16.2. The molecule has 1 aromatic carbocycles. The topological polar surface area (TPSA) is 72.1 Å². The Kier molecular flexibility index (Phi) is 4.06. The van der Waals surface area contributed by atoms with E-state index in [0.717, 1.165) is 11.0 Å². The van der Waals surface area contributed by atoms with Crippen LogP contribution in [0, 0.1) is 0 Å². The van der Waals surface area contributed by atoms with Crippen molar-refractivity contribution in [1.82, 2.24) is 14.9 Å². The molecule has 2 N–H and O–H groups in total. The van der Waals surface area contributed by atoms with Gasteiger partial charge in [0.1, 0.15) is 0 Å². The number of nitrogens with zero attached hydrogens (tertiary/aromatic N) is 3. The number of benzene rings is 1. The number of carbonyl (C=O) groups is 1. The molecule has 0 aliphatic rings. The summed E-state index contributed by atoms with van der Waals surface area (Å²) in [5.41, 5.74) is 7.69. The van der Waals surface area contributed by atoms with Gasteiger partial charge in [-0.1, -0.05) is 0 Å². The first kappa shape index (κ1) is 13.4. The first-order valence-corrected chi connectivity index (χ1v) is 6.35. The third-order valence-electron chi connectivity index (χ3n) is 2.97. The molecule has 0 unspecified atom stereocenters. The number of hydrogen-bond donors (Lipinski definition) is 1. The van der Waals surface area contributed by atoms with Crippen LogP contribution >= 0.6 is 0 Å². The second-order valence-electron chi connectivity index (χ2n) is 4.64. The van der Waals surface area contributed by atoms with Crippen LogP contribution in [-0.2, 0) is 0 Å². The molecular formula is C14H18N4O. The summed E-state index contributed by atoms with van der Waals surface area (Å²) in [5, 5.41) is 0. The Bertz CT molecular complexity index is 582. The number of rotatable bonds is 4. The van der Waals surface area contributed by atoms with E-state index in [1.165, 1.54) is 0 Å². The molecule has 0 saturated heterocycles. The van der Waals surface area contributed by atoms with Crippen LogP contribution in [0.5, 0.6) is 0 Å². The molecule has 0 fully saturated rings. The summed E-state index contributed by atoms with van der Waals surface area (Å²) in [6, 6.07) is 5.49. The van der Waals surface area contributed by atoms with Gasteiger partial charge in [-0.25, -0.2) is 0 Å². The van der Waals surface area contributed by atoms with Crippen molar-refractivity contribution in [2.75, 3.05) is 13.1 Å². The number of carbonyl (C=O) groups excluding carboxylic acids is 1. The SMILES string of the molecule is CC(C)N(CCN)C(=O)c1ccc2nccnc2c1. The van der Waals surface area contributed by atoms with E-state index in [0.29, 0.717) is 18.7 Å². The van der Waals surface area contributed by atoms with Crippen molar-refractivity contribution >= 4 is 16.9 Å². The maximum Gasteiger partial charge on any atom is 0.254 e. The molecule has 2 aromatic rings. The molecule has 1 amide bonds. The van der Waals surface area contributed by atoms with E-state index < -0.39 is 0 Å². The van der Waals surface area contributed by atoms with Gasteiger partial charge in [0.2, 0.25) is 0 Å². The smallest absolute Gasteiger partial charge is 0.254 e. The fourth-order valence-electron chi connectivity index (χ4n) is 2.00. The quantitative estimate of drug-likeness (QED) is 0.900. The summed E-state index contributed by atoms with van der Waals surface area (Å²) in [7, 11) is 0. The second-order valence-corrected chi connectivity index (χ2v) is 4.64. The van der Waals surface area contributed by atoms with E-state index in [9.17, 15) is 4.79 Å². The summed E-state index contributed by atoms with van der Waals surface area (Å²) in [5.74, 6) is -0.0204. The maximum absolute atomic E-state index is 12.4. The second kappa shape index (κ2) is 5.75. The van der Waals surface area contributed by atoms with Crippen LogP contribution in [0.3, 0.4) is 0 Å². The highest BCUT2D eigenvalue weighted by molar-refractivity contribution is 5.97. The van der Waals surface area contributed by atoms with Crippen molar-refractivity contribution in [3.63, 3.8) is 0 Å². The predicted molar refractivity (Wildman–Crippen MR) is 74.8 cm³/mol. The first-order chi connectivity index (χ1) is 9.13. The number of fused-ring (bicyclic) bond motifs is 1. The zero-order valence-electron chi connectivity index (χ0n) is 11.2. The van der Waals surface area contributed by atoms with Gasteiger partial charge in [-0.3, -0.25) is 14.8 Å². The van der Waals surface area contributed by atoms with Crippen LogP contribution in [-0.4, -0.2) is 39.9 Å². The molecule has 19 heavy (non-hydrogen) atoms. The van der Waals surface area contributed by atoms with Crippen LogP contribution in [0.15, 0.2) is 30.6 Å².